The number of nitrogens with zero attached hydrogens (tertiary/aromatic N) is 2. The molecule has 0 saturated heterocycles. The zero-order valence-corrected chi connectivity index (χ0v) is 22.1. The van der Waals surface area contributed by atoms with Gasteiger partial charge in [0.1, 0.15) is 11.4 Å². The molecule has 7 nitrogen and oxygen atoms in total. The second-order valence-corrected chi connectivity index (χ2v) is 11.7. The molecule has 1 aromatic carbocycles. The fraction of sp³-hybridized carbons (Fsp3) is 0.643. The van der Waals surface area contributed by atoms with Gasteiger partial charge < -0.3 is 15.3 Å². The molecule has 2 aliphatic rings. The van der Waals surface area contributed by atoms with E-state index in [9.17, 15) is 14.4 Å². The Bertz CT molecular complexity index is 967. The number of amides is 2. The lowest BCUT2D eigenvalue weighted by Crippen LogP contribution is -2.50. The Labute approximate surface area is 209 Å². The minimum Gasteiger partial charge on any atom is -0.481 e. The highest BCUT2D eigenvalue weighted by Gasteiger charge is 2.51. The van der Waals surface area contributed by atoms with Gasteiger partial charge in [-0.3, -0.25) is 19.4 Å². The van der Waals surface area contributed by atoms with Crippen molar-refractivity contribution < 1.29 is 19.5 Å². The third-order valence-corrected chi connectivity index (χ3v) is 7.54. The fourth-order valence-corrected chi connectivity index (χ4v) is 5.48. The van der Waals surface area contributed by atoms with Crippen molar-refractivity contribution in [3.63, 3.8) is 0 Å². The van der Waals surface area contributed by atoms with Gasteiger partial charge in [0.25, 0.3) is 11.8 Å². The normalized spacial score (nSPS) is 23.5. The summed E-state index contributed by atoms with van der Waals surface area (Å²) in [5.74, 6) is -0.245. The number of carbonyl (C=O) groups excluding carboxylic acids is 2. The van der Waals surface area contributed by atoms with Crippen LogP contribution in [-0.4, -0.2) is 45.7 Å². The van der Waals surface area contributed by atoms with Gasteiger partial charge in [-0.1, -0.05) is 46.8 Å². The molecule has 1 saturated carbocycles. The van der Waals surface area contributed by atoms with E-state index in [1.807, 2.05) is 24.0 Å². The van der Waals surface area contributed by atoms with E-state index in [1.54, 1.807) is 12.1 Å². The van der Waals surface area contributed by atoms with Gasteiger partial charge in [-0.15, -0.1) is 0 Å². The van der Waals surface area contributed by atoms with Crippen LogP contribution in [0, 0.1) is 17.3 Å². The number of benzene rings is 1. The maximum Gasteiger partial charge on any atom is 0.305 e. The Morgan fingerprint density at radius 3 is 2.26 bits per heavy atom. The Hall–Kier alpha value is -2.70. The lowest BCUT2D eigenvalue weighted by molar-refractivity contribution is -0.137. The van der Waals surface area contributed by atoms with Crippen molar-refractivity contribution in [3.05, 3.63) is 35.4 Å². The molecule has 7 heteroatoms. The number of hydrogen-bond acceptors (Lipinski definition) is 4. The molecule has 0 radical (unpaired) electrons. The number of hydrogen-bond donors (Lipinski definition) is 2. The molecule has 3 rings (SSSR count). The smallest absolute Gasteiger partial charge is 0.305 e. The molecule has 1 heterocycles. The number of aliphatic carboxylic acids is 1. The van der Waals surface area contributed by atoms with E-state index in [0.29, 0.717) is 29.5 Å². The lowest BCUT2D eigenvalue weighted by atomic mass is 9.69. The van der Waals surface area contributed by atoms with Crippen LogP contribution in [0.1, 0.15) is 102 Å². The summed E-state index contributed by atoms with van der Waals surface area (Å²) < 4.78 is 0. The molecular weight excluding hydrogens is 442 g/mol. The Morgan fingerprint density at radius 1 is 1.14 bits per heavy atom. The van der Waals surface area contributed by atoms with Crippen LogP contribution in [0.15, 0.2) is 29.3 Å². The van der Waals surface area contributed by atoms with Crippen molar-refractivity contribution in [3.8, 4) is 0 Å². The van der Waals surface area contributed by atoms with E-state index in [4.69, 9.17) is 10.1 Å². The number of carboxylic acids is 1. The quantitative estimate of drug-likeness (QED) is 0.530. The third-order valence-electron chi connectivity index (χ3n) is 7.54. The summed E-state index contributed by atoms with van der Waals surface area (Å²) in [5.41, 5.74) is 1.87. The van der Waals surface area contributed by atoms with E-state index < -0.39 is 11.6 Å². The van der Waals surface area contributed by atoms with Gasteiger partial charge >= 0.3 is 5.97 Å². The van der Waals surface area contributed by atoms with Crippen molar-refractivity contribution in [2.45, 2.75) is 91.8 Å². The molecule has 1 atom stereocenters. The summed E-state index contributed by atoms with van der Waals surface area (Å²) >= 11 is 0. The maximum atomic E-state index is 13.6. The van der Waals surface area contributed by atoms with Crippen molar-refractivity contribution >= 4 is 23.5 Å². The van der Waals surface area contributed by atoms with Gasteiger partial charge in [-0.25, -0.2) is 0 Å². The molecule has 2 amide bonds. The number of nitrogens with one attached hydrogen (secondary N) is 1. The first-order chi connectivity index (χ1) is 16.3. The fourth-order valence-electron chi connectivity index (χ4n) is 5.48. The average Bonchev–Trinajstić information content (AvgIpc) is 3.02. The summed E-state index contributed by atoms with van der Waals surface area (Å²) in [6, 6.07) is 7.08. The van der Waals surface area contributed by atoms with E-state index in [-0.39, 0.29) is 36.2 Å². The molecule has 35 heavy (non-hydrogen) atoms. The highest BCUT2D eigenvalue weighted by molar-refractivity contribution is 6.40. The van der Waals surface area contributed by atoms with Gasteiger partial charge in [-0.2, -0.15) is 0 Å². The largest absolute Gasteiger partial charge is 0.481 e. The first-order valence-corrected chi connectivity index (χ1v) is 12.9. The van der Waals surface area contributed by atoms with Crippen LogP contribution in [0.2, 0.25) is 0 Å². The molecule has 1 aliphatic heterocycles. The summed E-state index contributed by atoms with van der Waals surface area (Å²) in [4.78, 5) is 43.8. The summed E-state index contributed by atoms with van der Waals surface area (Å²) in [7, 11) is 0. The molecule has 1 aliphatic carbocycles. The van der Waals surface area contributed by atoms with Crippen molar-refractivity contribution in [1.29, 1.82) is 0 Å². The average molecular weight is 484 g/mol. The predicted molar refractivity (Wildman–Crippen MR) is 137 cm³/mol. The van der Waals surface area contributed by atoms with Crippen molar-refractivity contribution in [2.24, 2.45) is 22.2 Å². The zero-order chi connectivity index (χ0) is 26.0. The van der Waals surface area contributed by atoms with Crippen molar-refractivity contribution in [1.82, 2.24) is 10.2 Å². The minimum atomic E-state index is -0.950. The summed E-state index contributed by atoms with van der Waals surface area (Å²) in [5, 5.41) is 11.4. The number of rotatable bonds is 8. The second-order valence-electron chi connectivity index (χ2n) is 11.7. The molecular formula is C28H41N3O4. The molecule has 0 aromatic heterocycles. The predicted octanol–water partition coefficient (Wildman–Crippen LogP) is 5.21. The summed E-state index contributed by atoms with van der Waals surface area (Å²) in [6.07, 6.45) is 4.41. The van der Waals surface area contributed by atoms with Crippen LogP contribution in [0.5, 0.6) is 0 Å². The van der Waals surface area contributed by atoms with Gasteiger partial charge in [0.15, 0.2) is 0 Å². The van der Waals surface area contributed by atoms with Gasteiger partial charge in [0.2, 0.25) is 0 Å². The number of carboxylic acid groups (broad SMARTS) is 1. The maximum absolute atomic E-state index is 13.6. The molecule has 2 N–H and O–H groups in total. The van der Waals surface area contributed by atoms with Crippen LogP contribution in [-0.2, 0) is 9.59 Å². The zero-order valence-electron chi connectivity index (χ0n) is 22.1. The molecule has 0 unspecified atom stereocenters. The van der Waals surface area contributed by atoms with Gasteiger partial charge in [0, 0.05) is 12.1 Å². The highest BCUT2D eigenvalue weighted by atomic mass is 16.4. The van der Waals surface area contributed by atoms with Crippen LogP contribution in [0.4, 0.5) is 0 Å². The number of aliphatic imine (C=N–C) groups is 1. The first-order valence-electron chi connectivity index (χ1n) is 12.9. The molecule has 1 spiro atoms. The van der Waals surface area contributed by atoms with Crippen LogP contribution in [0.25, 0.3) is 0 Å². The Balaban J connectivity index is 1.81. The van der Waals surface area contributed by atoms with E-state index in [2.05, 4.69) is 39.9 Å². The van der Waals surface area contributed by atoms with Crippen molar-refractivity contribution in [2.75, 3.05) is 6.54 Å². The van der Waals surface area contributed by atoms with Gasteiger partial charge in [0.05, 0.1) is 12.5 Å². The SMILES string of the molecule is CC(C)CC1=NC2(CCC(C(C)(C)C)CC2)N([C@H](C)c2ccc(C(=O)NCCC(=O)O)cc2)C1=O. The second kappa shape index (κ2) is 10.5. The molecule has 1 fully saturated rings. The Morgan fingerprint density at radius 2 is 1.74 bits per heavy atom. The monoisotopic (exact) mass is 483 g/mol. The molecule has 192 valence electrons. The molecule has 1 aromatic rings. The van der Waals surface area contributed by atoms with E-state index >= 15 is 0 Å². The first kappa shape index (κ1) is 26.9. The topological polar surface area (TPSA) is 99.1 Å². The standard InChI is InChI=1S/C28H41N3O4/c1-18(2)17-23-26(35)31(28(30-23)14-11-22(12-15-28)27(4,5)6)19(3)20-7-9-21(10-8-20)25(34)29-16-13-24(32)33/h7-10,18-19,22H,11-17H2,1-6H3,(H,29,34)(H,32,33)/t19-,22?,28?/m1/s1. The van der Waals surface area contributed by atoms with E-state index in [0.717, 1.165) is 31.2 Å². The lowest BCUT2D eigenvalue weighted by Gasteiger charge is -2.47. The number of carbonyl (C=O) groups is 3. The van der Waals surface area contributed by atoms with Gasteiger partial charge in [-0.05, 0) is 74.0 Å². The third kappa shape index (κ3) is 6.11. The summed E-state index contributed by atoms with van der Waals surface area (Å²) in [6.45, 7) is 13.2. The van der Waals surface area contributed by atoms with Crippen LogP contribution >= 0.6 is 0 Å². The van der Waals surface area contributed by atoms with Crippen LogP contribution in [0.3, 0.4) is 0 Å². The highest BCUT2D eigenvalue weighted by Crippen LogP contribution is 2.48. The Kier molecular flexibility index (Phi) is 8.07. The van der Waals surface area contributed by atoms with Crippen LogP contribution < -0.4 is 5.32 Å². The molecule has 0 bridgehead atoms. The van der Waals surface area contributed by atoms with E-state index in [1.165, 1.54) is 0 Å². The minimum absolute atomic E-state index is 0.0379.